The first-order chi connectivity index (χ1) is 6.26. The van der Waals surface area contributed by atoms with Gasteiger partial charge in [0.15, 0.2) is 11.4 Å². The Morgan fingerprint density at radius 1 is 1.92 bits per heavy atom. The van der Waals surface area contributed by atoms with Gasteiger partial charge in [0.2, 0.25) is 5.91 Å². The molecule has 70 valence electrons. The van der Waals surface area contributed by atoms with Crippen LogP contribution in [-0.2, 0) is 4.79 Å². The fraction of sp³-hybridized carbons (Fsp3) is 0.571. The number of carbonyl (C=O) groups is 1. The van der Waals surface area contributed by atoms with Crippen molar-refractivity contribution >= 4 is 22.8 Å². The molecule has 1 rings (SSSR count). The lowest BCUT2D eigenvalue weighted by Gasteiger charge is -2.03. The summed E-state index contributed by atoms with van der Waals surface area (Å²) in [6.45, 7) is 0.565. The van der Waals surface area contributed by atoms with Crippen LogP contribution in [0.15, 0.2) is 4.99 Å². The Kier molecular flexibility index (Phi) is 3.58. The first-order valence-electron chi connectivity index (χ1n) is 3.80. The number of thioether (sulfide) groups is 1. The van der Waals surface area contributed by atoms with Crippen LogP contribution in [0.5, 0.6) is 0 Å². The van der Waals surface area contributed by atoms with Gasteiger partial charge >= 0.3 is 0 Å². The second-order valence-electron chi connectivity index (χ2n) is 2.54. The van der Waals surface area contributed by atoms with Crippen molar-refractivity contribution < 1.29 is 4.79 Å². The van der Waals surface area contributed by atoms with Gasteiger partial charge in [-0.1, -0.05) is 11.8 Å². The largest absolute Gasteiger partial charge is 0.354 e. The van der Waals surface area contributed by atoms with E-state index in [-0.39, 0.29) is 11.9 Å². The van der Waals surface area contributed by atoms with Gasteiger partial charge in [-0.15, -0.1) is 0 Å². The molecule has 0 aromatic rings. The van der Waals surface area contributed by atoms with Crippen molar-refractivity contribution in [3.05, 3.63) is 0 Å². The van der Waals surface area contributed by atoms with Gasteiger partial charge in [-0.05, 0) is 6.26 Å². The molecule has 6 heteroatoms. The summed E-state index contributed by atoms with van der Waals surface area (Å²) < 4.78 is 0. The van der Waals surface area contributed by atoms with Gasteiger partial charge in [-0.25, -0.2) is 0 Å². The molecule has 2 N–H and O–H groups in total. The normalized spacial score (nSPS) is 22.3. The second kappa shape index (κ2) is 4.72. The summed E-state index contributed by atoms with van der Waals surface area (Å²) >= 11 is 1.36. The minimum atomic E-state index is -0.0317. The van der Waals surface area contributed by atoms with Crippen LogP contribution >= 0.6 is 11.8 Å². The third kappa shape index (κ3) is 2.95. The van der Waals surface area contributed by atoms with Gasteiger partial charge in [-0.2, -0.15) is 5.26 Å². The number of aliphatic imine (C=N–C) groups is 1. The summed E-state index contributed by atoms with van der Waals surface area (Å²) in [5.74, 6) is 0.0196. The van der Waals surface area contributed by atoms with Crippen LogP contribution in [0.25, 0.3) is 0 Å². The summed E-state index contributed by atoms with van der Waals surface area (Å²) in [4.78, 5) is 15.0. The number of hydrogen-bond donors (Lipinski definition) is 2. The molecule has 13 heavy (non-hydrogen) atoms. The van der Waals surface area contributed by atoms with E-state index in [0.29, 0.717) is 18.1 Å². The molecule has 0 aromatic carbocycles. The SMILES string of the molecule is CSC(=NC1CNC(=O)C1)NC#N. The molecule has 1 aliphatic rings. The number of nitrogens with zero attached hydrogens (tertiary/aromatic N) is 2. The van der Waals surface area contributed by atoms with Gasteiger partial charge in [-0.3, -0.25) is 15.1 Å². The zero-order valence-electron chi connectivity index (χ0n) is 7.20. The number of carbonyl (C=O) groups excluding carboxylic acids is 1. The fourth-order valence-electron chi connectivity index (χ4n) is 1.03. The maximum absolute atomic E-state index is 10.8. The summed E-state index contributed by atoms with van der Waals surface area (Å²) in [5.41, 5.74) is 0. The molecule has 0 saturated carbocycles. The van der Waals surface area contributed by atoms with Crippen molar-refractivity contribution in [2.24, 2.45) is 4.99 Å². The average Bonchev–Trinajstić information content (AvgIpc) is 2.50. The van der Waals surface area contributed by atoms with Crippen LogP contribution in [0.1, 0.15) is 6.42 Å². The van der Waals surface area contributed by atoms with E-state index in [4.69, 9.17) is 5.26 Å². The Morgan fingerprint density at radius 2 is 2.69 bits per heavy atom. The molecule has 5 nitrogen and oxygen atoms in total. The van der Waals surface area contributed by atoms with Crippen LogP contribution in [0, 0.1) is 11.5 Å². The maximum Gasteiger partial charge on any atom is 0.222 e. The molecule has 1 aliphatic heterocycles. The van der Waals surface area contributed by atoms with Gasteiger partial charge in [0.25, 0.3) is 0 Å². The van der Waals surface area contributed by atoms with E-state index in [0.717, 1.165) is 0 Å². The van der Waals surface area contributed by atoms with Crippen LogP contribution in [0.2, 0.25) is 0 Å². The van der Waals surface area contributed by atoms with Crippen molar-refractivity contribution in [1.82, 2.24) is 10.6 Å². The first kappa shape index (κ1) is 9.86. The number of rotatable bonds is 1. The quantitative estimate of drug-likeness (QED) is 0.262. The lowest BCUT2D eigenvalue weighted by molar-refractivity contribution is -0.119. The topological polar surface area (TPSA) is 77.3 Å². The van der Waals surface area contributed by atoms with Crippen molar-refractivity contribution in [3.63, 3.8) is 0 Å². The van der Waals surface area contributed by atoms with E-state index in [9.17, 15) is 4.79 Å². The minimum absolute atomic E-state index is 0.0196. The number of amidine groups is 1. The molecular formula is C7H10N4OS. The highest BCUT2D eigenvalue weighted by Gasteiger charge is 2.20. The summed E-state index contributed by atoms with van der Waals surface area (Å²) in [6.07, 6.45) is 4.04. The predicted octanol–water partition coefficient (Wildman–Crippen LogP) is -0.335. The van der Waals surface area contributed by atoms with E-state index in [1.165, 1.54) is 11.8 Å². The third-order valence-corrected chi connectivity index (χ3v) is 2.21. The van der Waals surface area contributed by atoms with Gasteiger partial charge in [0.1, 0.15) is 0 Å². The van der Waals surface area contributed by atoms with E-state index < -0.39 is 0 Å². The van der Waals surface area contributed by atoms with E-state index >= 15 is 0 Å². The molecule has 1 atom stereocenters. The number of amides is 1. The lowest BCUT2D eigenvalue weighted by atomic mass is 10.3. The summed E-state index contributed by atoms with van der Waals surface area (Å²) in [7, 11) is 0. The van der Waals surface area contributed by atoms with Crippen LogP contribution in [0.3, 0.4) is 0 Å². The highest BCUT2D eigenvalue weighted by atomic mass is 32.2. The first-order valence-corrected chi connectivity index (χ1v) is 5.02. The highest BCUT2D eigenvalue weighted by Crippen LogP contribution is 2.06. The van der Waals surface area contributed by atoms with Gasteiger partial charge < -0.3 is 5.32 Å². The van der Waals surface area contributed by atoms with Gasteiger partial charge in [0.05, 0.1) is 12.5 Å². The van der Waals surface area contributed by atoms with E-state index in [2.05, 4.69) is 15.6 Å². The summed E-state index contributed by atoms with van der Waals surface area (Å²) in [5, 5.41) is 14.0. The van der Waals surface area contributed by atoms with E-state index in [1.54, 1.807) is 6.19 Å². The monoisotopic (exact) mass is 198 g/mol. The second-order valence-corrected chi connectivity index (χ2v) is 3.33. The average molecular weight is 198 g/mol. The molecule has 0 aliphatic carbocycles. The molecular weight excluding hydrogens is 188 g/mol. The Labute approximate surface area is 80.6 Å². The molecule has 1 unspecified atom stereocenters. The highest BCUT2D eigenvalue weighted by molar-refractivity contribution is 8.13. The zero-order valence-corrected chi connectivity index (χ0v) is 8.02. The van der Waals surface area contributed by atoms with Crippen molar-refractivity contribution in [2.75, 3.05) is 12.8 Å². The minimum Gasteiger partial charge on any atom is -0.354 e. The molecule has 0 aromatic heterocycles. The maximum atomic E-state index is 10.8. The fourth-order valence-corrected chi connectivity index (χ4v) is 1.43. The predicted molar refractivity (Wildman–Crippen MR) is 51.1 cm³/mol. The van der Waals surface area contributed by atoms with Crippen molar-refractivity contribution in [1.29, 1.82) is 5.26 Å². The third-order valence-electron chi connectivity index (χ3n) is 1.61. The lowest BCUT2D eigenvalue weighted by Crippen LogP contribution is -2.19. The molecule has 0 spiro atoms. The zero-order chi connectivity index (χ0) is 9.68. The molecule has 1 saturated heterocycles. The smallest absolute Gasteiger partial charge is 0.222 e. The number of hydrogen-bond acceptors (Lipinski definition) is 4. The van der Waals surface area contributed by atoms with Gasteiger partial charge in [0, 0.05) is 6.54 Å². The number of nitriles is 1. The van der Waals surface area contributed by atoms with Crippen LogP contribution in [0.4, 0.5) is 0 Å². The Hall–Kier alpha value is -1.22. The molecule has 0 radical (unpaired) electrons. The molecule has 1 heterocycles. The Morgan fingerprint density at radius 3 is 3.15 bits per heavy atom. The molecule has 1 amide bonds. The molecule has 0 bridgehead atoms. The Bertz CT molecular complexity index is 270. The van der Waals surface area contributed by atoms with Crippen molar-refractivity contribution in [3.8, 4) is 6.19 Å². The summed E-state index contributed by atoms with van der Waals surface area (Å²) in [6, 6.07) is -0.0317. The van der Waals surface area contributed by atoms with Crippen LogP contribution in [-0.4, -0.2) is 29.9 Å². The number of nitrogens with one attached hydrogen (secondary N) is 2. The Balaban J connectivity index is 2.53. The van der Waals surface area contributed by atoms with Crippen LogP contribution < -0.4 is 10.6 Å². The van der Waals surface area contributed by atoms with Crippen molar-refractivity contribution in [2.45, 2.75) is 12.5 Å². The van der Waals surface area contributed by atoms with E-state index in [1.807, 2.05) is 6.26 Å². The molecule has 1 fully saturated rings. The standard InChI is InChI=1S/C7H10N4OS/c1-13-7(10-4-8)11-5-2-6(12)9-3-5/h5H,2-3H2,1H3,(H,9,12)(H,10,11).